The lowest BCUT2D eigenvalue weighted by molar-refractivity contribution is -0.126. The van der Waals surface area contributed by atoms with Crippen molar-refractivity contribution < 1.29 is 14.0 Å². The predicted molar refractivity (Wildman–Crippen MR) is 90.5 cm³/mol. The van der Waals surface area contributed by atoms with E-state index in [4.69, 9.17) is 4.42 Å². The third-order valence-electron chi connectivity index (χ3n) is 4.44. The van der Waals surface area contributed by atoms with E-state index in [0.29, 0.717) is 38.2 Å². The summed E-state index contributed by atoms with van der Waals surface area (Å²) in [6, 6.07) is 13.5. The first kappa shape index (κ1) is 16.3. The van der Waals surface area contributed by atoms with E-state index in [1.807, 2.05) is 18.2 Å². The minimum atomic E-state index is -0.0945. The van der Waals surface area contributed by atoms with Crippen molar-refractivity contribution in [3.8, 4) is 0 Å². The summed E-state index contributed by atoms with van der Waals surface area (Å²) in [7, 11) is 0. The van der Waals surface area contributed by atoms with Crippen molar-refractivity contribution in [3.05, 3.63) is 60.1 Å². The van der Waals surface area contributed by atoms with Crippen LogP contribution in [0.2, 0.25) is 0 Å². The van der Waals surface area contributed by atoms with Crippen molar-refractivity contribution in [2.45, 2.75) is 19.3 Å². The number of furan rings is 1. The number of rotatable bonds is 5. The highest BCUT2D eigenvalue weighted by atomic mass is 16.3. The fraction of sp³-hybridized carbons (Fsp3) is 0.368. The van der Waals surface area contributed by atoms with Gasteiger partial charge < -0.3 is 14.6 Å². The van der Waals surface area contributed by atoms with Gasteiger partial charge in [-0.25, -0.2) is 0 Å². The smallest absolute Gasteiger partial charge is 0.289 e. The first-order valence-corrected chi connectivity index (χ1v) is 8.38. The molecule has 0 aliphatic carbocycles. The summed E-state index contributed by atoms with van der Waals surface area (Å²) in [5, 5.41) is 3.01. The van der Waals surface area contributed by atoms with Crippen molar-refractivity contribution >= 4 is 11.8 Å². The van der Waals surface area contributed by atoms with Gasteiger partial charge >= 0.3 is 0 Å². The Labute approximate surface area is 141 Å². The van der Waals surface area contributed by atoms with Gasteiger partial charge in [-0.15, -0.1) is 0 Å². The van der Waals surface area contributed by atoms with E-state index < -0.39 is 0 Å². The van der Waals surface area contributed by atoms with E-state index in [0.717, 1.165) is 6.42 Å². The maximum atomic E-state index is 12.3. The Hall–Kier alpha value is -2.56. The Bertz CT molecular complexity index is 659. The Morgan fingerprint density at radius 3 is 2.50 bits per heavy atom. The maximum Gasteiger partial charge on any atom is 0.289 e. The topological polar surface area (TPSA) is 62.6 Å². The molecule has 1 aromatic carbocycles. The summed E-state index contributed by atoms with van der Waals surface area (Å²) in [5.41, 5.74) is 1.22. The van der Waals surface area contributed by atoms with Crippen LogP contribution in [0.1, 0.15) is 29.0 Å². The van der Waals surface area contributed by atoms with Crippen molar-refractivity contribution in [1.29, 1.82) is 0 Å². The lowest BCUT2D eigenvalue weighted by atomic mass is 9.95. The molecule has 1 N–H and O–H groups in total. The highest BCUT2D eigenvalue weighted by molar-refractivity contribution is 5.91. The number of likely N-dealkylation sites (tertiary alicyclic amines) is 1. The van der Waals surface area contributed by atoms with E-state index in [-0.39, 0.29) is 17.7 Å². The average molecular weight is 326 g/mol. The van der Waals surface area contributed by atoms with E-state index in [2.05, 4.69) is 17.4 Å². The van der Waals surface area contributed by atoms with Crippen LogP contribution < -0.4 is 5.32 Å². The van der Waals surface area contributed by atoms with Crippen molar-refractivity contribution in [1.82, 2.24) is 10.2 Å². The molecule has 2 heterocycles. The van der Waals surface area contributed by atoms with Gasteiger partial charge in [0.2, 0.25) is 5.91 Å². The van der Waals surface area contributed by atoms with Gasteiger partial charge in [0, 0.05) is 25.6 Å². The normalized spacial score (nSPS) is 15.2. The quantitative estimate of drug-likeness (QED) is 0.918. The molecule has 2 amide bonds. The zero-order valence-corrected chi connectivity index (χ0v) is 13.6. The molecule has 5 nitrogen and oxygen atoms in total. The first-order valence-electron chi connectivity index (χ1n) is 8.38. The monoisotopic (exact) mass is 326 g/mol. The van der Waals surface area contributed by atoms with Crippen LogP contribution >= 0.6 is 0 Å². The standard InChI is InChI=1S/C19H22N2O3/c22-18(20-11-8-15-5-2-1-3-6-15)16-9-12-21(13-10-16)19(23)17-7-4-14-24-17/h1-7,14,16H,8-13H2,(H,20,22). The number of amides is 2. The molecule has 0 atom stereocenters. The number of carbonyl (C=O) groups is 2. The number of nitrogens with one attached hydrogen (secondary N) is 1. The van der Waals surface area contributed by atoms with Gasteiger partial charge in [0.05, 0.1) is 6.26 Å². The summed E-state index contributed by atoms with van der Waals surface area (Å²) >= 11 is 0. The van der Waals surface area contributed by atoms with Crippen LogP contribution in [0.3, 0.4) is 0 Å². The Kier molecular flexibility index (Phi) is 5.31. The third-order valence-corrected chi connectivity index (χ3v) is 4.44. The lowest BCUT2D eigenvalue weighted by Gasteiger charge is -2.30. The fourth-order valence-corrected chi connectivity index (χ4v) is 3.02. The molecule has 2 aromatic rings. The van der Waals surface area contributed by atoms with Gasteiger partial charge in [-0.05, 0) is 37.0 Å². The molecule has 24 heavy (non-hydrogen) atoms. The minimum absolute atomic E-state index is 0.0126. The molecule has 1 fully saturated rings. The van der Waals surface area contributed by atoms with E-state index in [9.17, 15) is 9.59 Å². The lowest BCUT2D eigenvalue weighted by Crippen LogP contribution is -2.43. The second-order valence-electron chi connectivity index (χ2n) is 6.07. The molecule has 1 aliphatic rings. The molecule has 0 unspecified atom stereocenters. The number of benzene rings is 1. The first-order chi connectivity index (χ1) is 11.7. The molecule has 0 spiro atoms. The van der Waals surface area contributed by atoms with E-state index in [1.54, 1.807) is 17.0 Å². The predicted octanol–water partition coefficient (Wildman–Crippen LogP) is 2.49. The minimum Gasteiger partial charge on any atom is -0.459 e. The van der Waals surface area contributed by atoms with Gasteiger partial charge in [0.15, 0.2) is 5.76 Å². The third kappa shape index (κ3) is 4.04. The van der Waals surface area contributed by atoms with Crippen molar-refractivity contribution in [2.24, 2.45) is 5.92 Å². The van der Waals surface area contributed by atoms with Gasteiger partial charge in [0.25, 0.3) is 5.91 Å². The molecule has 0 radical (unpaired) electrons. The van der Waals surface area contributed by atoms with Crippen molar-refractivity contribution in [2.75, 3.05) is 19.6 Å². The second kappa shape index (κ2) is 7.81. The summed E-state index contributed by atoms with van der Waals surface area (Å²) in [4.78, 5) is 26.2. The molecule has 1 aromatic heterocycles. The second-order valence-corrected chi connectivity index (χ2v) is 6.07. The number of nitrogens with zero attached hydrogens (tertiary/aromatic N) is 1. The molecule has 3 rings (SSSR count). The zero-order chi connectivity index (χ0) is 16.8. The largest absolute Gasteiger partial charge is 0.459 e. The van der Waals surface area contributed by atoms with Crippen LogP contribution in [-0.4, -0.2) is 36.3 Å². The van der Waals surface area contributed by atoms with Gasteiger partial charge in [-0.3, -0.25) is 9.59 Å². The average Bonchev–Trinajstić information content (AvgIpc) is 3.17. The summed E-state index contributed by atoms with van der Waals surface area (Å²) < 4.78 is 5.15. The molecule has 1 aliphatic heterocycles. The van der Waals surface area contributed by atoms with Crippen LogP contribution in [0.15, 0.2) is 53.1 Å². The number of piperidine rings is 1. The highest BCUT2D eigenvalue weighted by Crippen LogP contribution is 2.19. The maximum absolute atomic E-state index is 12.3. The molecular formula is C19H22N2O3. The highest BCUT2D eigenvalue weighted by Gasteiger charge is 2.28. The molecular weight excluding hydrogens is 304 g/mol. The summed E-state index contributed by atoms with van der Waals surface area (Å²) in [5.74, 6) is 0.348. The van der Waals surface area contributed by atoms with E-state index in [1.165, 1.54) is 11.8 Å². The zero-order valence-electron chi connectivity index (χ0n) is 13.6. The molecule has 5 heteroatoms. The number of hydrogen-bond donors (Lipinski definition) is 1. The van der Waals surface area contributed by atoms with Crippen molar-refractivity contribution in [3.63, 3.8) is 0 Å². The number of carbonyl (C=O) groups excluding carboxylic acids is 2. The summed E-state index contributed by atoms with van der Waals surface area (Å²) in [6.07, 6.45) is 3.73. The molecule has 126 valence electrons. The van der Waals surface area contributed by atoms with Crippen LogP contribution in [0.5, 0.6) is 0 Å². The Morgan fingerprint density at radius 2 is 1.83 bits per heavy atom. The van der Waals surface area contributed by atoms with Gasteiger partial charge in [-0.2, -0.15) is 0 Å². The molecule has 0 saturated carbocycles. The Morgan fingerprint density at radius 1 is 1.08 bits per heavy atom. The Balaban J connectivity index is 1.41. The fourth-order valence-electron chi connectivity index (χ4n) is 3.02. The SMILES string of the molecule is O=C(NCCc1ccccc1)C1CCN(C(=O)c2ccco2)CC1. The van der Waals surface area contributed by atoms with Gasteiger partial charge in [-0.1, -0.05) is 30.3 Å². The molecule has 1 saturated heterocycles. The van der Waals surface area contributed by atoms with Crippen LogP contribution in [0.25, 0.3) is 0 Å². The van der Waals surface area contributed by atoms with Crippen LogP contribution in [-0.2, 0) is 11.2 Å². The van der Waals surface area contributed by atoms with Crippen LogP contribution in [0.4, 0.5) is 0 Å². The van der Waals surface area contributed by atoms with Gasteiger partial charge in [0.1, 0.15) is 0 Å². The number of hydrogen-bond acceptors (Lipinski definition) is 3. The molecule has 0 bridgehead atoms. The van der Waals surface area contributed by atoms with E-state index >= 15 is 0 Å². The summed E-state index contributed by atoms with van der Waals surface area (Å²) in [6.45, 7) is 1.83. The van der Waals surface area contributed by atoms with Crippen LogP contribution in [0, 0.1) is 5.92 Å².